The molecular weight excluding hydrogens is 308 g/mol. The molecule has 0 radical (unpaired) electrons. The summed E-state index contributed by atoms with van der Waals surface area (Å²) >= 11 is 0. The largest absolute Gasteiger partial charge is 0.354 e. The second-order valence-electron chi connectivity index (χ2n) is 6.63. The van der Waals surface area contributed by atoms with Crippen LogP contribution >= 0.6 is 0 Å². The third kappa shape index (κ3) is 3.49. The third-order valence-electron chi connectivity index (χ3n) is 5.00. The van der Waals surface area contributed by atoms with E-state index in [0.29, 0.717) is 0 Å². The molecule has 0 amide bonds. The molecule has 128 valence electrons. The zero-order valence-electron chi connectivity index (χ0n) is 14.7. The monoisotopic (exact) mass is 332 g/mol. The molecule has 0 atom stereocenters. The van der Waals surface area contributed by atoms with Crippen LogP contribution in [0.25, 0.3) is 10.8 Å². The Morgan fingerprint density at radius 1 is 0.920 bits per heavy atom. The molecule has 2 aromatic heterocycles. The van der Waals surface area contributed by atoms with Crippen LogP contribution in [0.3, 0.4) is 0 Å². The molecule has 3 heterocycles. The maximum absolute atomic E-state index is 4.65. The van der Waals surface area contributed by atoms with E-state index in [1.165, 1.54) is 16.3 Å². The molecule has 3 aromatic rings. The van der Waals surface area contributed by atoms with Crippen molar-refractivity contribution < 1.29 is 0 Å². The molecular formula is C21H24N4. The molecule has 0 saturated carbocycles. The minimum Gasteiger partial charge on any atom is -0.354 e. The van der Waals surface area contributed by atoms with Crippen molar-refractivity contribution in [3.05, 3.63) is 66.1 Å². The number of anilines is 1. The van der Waals surface area contributed by atoms with Crippen LogP contribution in [0.15, 0.2) is 54.9 Å². The van der Waals surface area contributed by atoms with Gasteiger partial charge in [0.25, 0.3) is 0 Å². The Kier molecular flexibility index (Phi) is 4.61. The normalized spacial score (nSPS) is 15.6. The van der Waals surface area contributed by atoms with Gasteiger partial charge < -0.3 is 4.90 Å². The van der Waals surface area contributed by atoms with E-state index in [0.717, 1.165) is 50.7 Å². The zero-order valence-corrected chi connectivity index (χ0v) is 14.7. The number of aryl methyl sites for hydroxylation is 1. The van der Waals surface area contributed by atoms with Crippen LogP contribution in [0.1, 0.15) is 18.2 Å². The highest BCUT2D eigenvalue weighted by molar-refractivity contribution is 5.92. The molecule has 4 heteroatoms. The molecule has 0 aliphatic carbocycles. The highest BCUT2D eigenvalue weighted by atomic mass is 15.3. The molecule has 0 N–H and O–H groups in total. The summed E-state index contributed by atoms with van der Waals surface area (Å²) in [5.74, 6) is 1.11. The second-order valence-corrected chi connectivity index (χ2v) is 6.63. The summed E-state index contributed by atoms with van der Waals surface area (Å²) in [5, 5.41) is 2.51. The number of rotatable bonds is 4. The first-order chi connectivity index (χ1) is 12.3. The summed E-state index contributed by atoms with van der Waals surface area (Å²) in [6.07, 6.45) is 4.97. The molecule has 4 rings (SSSR count). The number of hydrogen-bond donors (Lipinski definition) is 0. The number of piperazine rings is 1. The molecule has 1 aromatic carbocycles. The topological polar surface area (TPSA) is 32.3 Å². The predicted molar refractivity (Wildman–Crippen MR) is 103 cm³/mol. The molecule has 4 nitrogen and oxygen atoms in total. The lowest BCUT2D eigenvalue weighted by Gasteiger charge is -2.35. The van der Waals surface area contributed by atoms with Gasteiger partial charge in [0, 0.05) is 50.5 Å². The lowest BCUT2D eigenvalue weighted by molar-refractivity contribution is 0.247. The highest BCUT2D eigenvalue weighted by Crippen LogP contribution is 2.25. The summed E-state index contributed by atoms with van der Waals surface area (Å²) in [6, 6.07) is 14.9. The van der Waals surface area contributed by atoms with Gasteiger partial charge in [0.05, 0.1) is 5.69 Å². The second kappa shape index (κ2) is 7.19. The van der Waals surface area contributed by atoms with Gasteiger partial charge >= 0.3 is 0 Å². The van der Waals surface area contributed by atoms with E-state index in [-0.39, 0.29) is 0 Å². The molecule has 0 unspecified atom stereocenters. The van der Waals surface area contributed by atoms with Crippen LogP contribution in [0, 0.1) is 0 Å². The van der Waals surface area contributed by atoms with Crippen molar-refractivity contribution >= 4 is 16.6 Å². The number of pyridine rings is 2. The van der Waals surface area contributed by atoms with Crippen LogP contribution in [-0.2, 0) is 13.0 Å². The van der Waals surface area contributed by atoms with Crippen molar-refractivity contribution in [1.29, 1.82) is 0 Å². The number of benzene rings is 1. The lowest BCUT2D eigenvalue weighted by atomic mass is 10.1. The van der Waals surface area contributed by atoms with E-state index < -0.39 is 0 Å². The van der Waals surface area contributed by atoms with Crippen LogP contribution in [0.2, 0.25) is 0 Å². The minimum atomic E-state index is 0.931. The van der Waals surface area contributed by atoms with Gasteiger partial charge in [-0.3, -0.25) is 9.88 Å². The summed E-state index contributed by atoms with van der Waals surface area (Å²) in [6.45, 7) is 7.20. The van der Waals surface area contributed by atoms with Gasteiger partial charge in [0.15, 0.2) is 0 Å². The SMILES string of the molecule is CCc1ccc(CN2CCN(c3nccc4ccccc34)CC2)nc1. The number of nitrogens with zero attached hydrogens (tertiary/aromatic N) is 4. The number of aromatic nitrogens is 2. The molecule has 0 bridgehead atoms. The van der Waals surface area contributed by atoms with Gasteiger partial charge in [0.2, 0.25) is 0 Å². The molecule has 0 spiro atoms. The van der Waals surface area contributed by atoms with Crippen molar-refractivity contribution in [2.24, 2.45) is 0 Å². The van der Waals surface area contributed by atoms with Crippen LogP contribution in [-0.4, -0.2) is 41.0 Å². The zero-order chi connectivity index (χ0) is 17.1. The van der Waals surface area contributed by atoms with E-state index in [1.54, 1.807) is 0 Å². The van der Waals surface area contributed by atoms with Crippen molar-refractivity contribution in [3.63, 3.8) is 0 Å². The van der Waals surface area contributed by atoms with Gasteiger partial charge in [0.1, 0.15) is 5.82 Å². The third-order valence-corrected chi connectivity index (χ3v) is 5.00. The average molecular weight is 332 g/mol. The van der Waals surface area contributed by atoms with Gasteiger partial charge in [-0.25, -0.2) is 4.98 Å². The molecule has 1 aliphatic rings. The Balaban J connectivity index is 1.42. The van der Waals surface area contributed by atoms with Crippen molar-refractivity contribution in [2.45, 2.75) is 19.9 Å². The Bertz CT molecular complexity index is 831. The van der Waals surface area contributed by atoms with Crippen LogP contribution in [0.5, 0.6) is 0 Å². The summed E-state index contributed by atoms with van der Waals surface area (Å²) < 4.78 is 0. The first-order valence-electron chi connectivity index (χ1n) is 9.08. The smallest absolute Gasteiger partial charge is 0.136 e. The van der Waals surface area contributed by atoms with Gasteiger partial charge in [-0.05, 0) is 29.5 Å². The van der Waals surface area contributed by atoms with E-state index in [1.807, 2.05) is 12.4 Å². The maximum atomic E-state index is 4.65. The fourth-order valence-electron chi connectivity index (χ4n) is 3.46. The quantitative estimate of drug-likeness (QED) is 0.732. The molecule has 1 saturated heterocycles. The first-order valence-corrected chi connectivity index (χ1v) is 9.08. The van der Waals surface area contributed by atoms with Gasteiger partial charge in [-0.1, -0.05) is 37.3 Å². The van der Waals surface area contributed by atoms with E-state index in [4.69, 9.17) is 0 Å². The summed E-state index contributed by atoms with van der Waals surface area (Å²) in [4.78, 5) is 14.1. The van der Waals surface area contributed by atoms with Crippen LogP contribution < -0.4 is 4.90 Å². The van der Waals surface area contributed by atoms with Crippen LogP contribution in [0.4, 0.5) is 5.82 Å². The number of hydrogen-bond acceptors (Lipinski definition) is 4. The maximum Gasteiger partial charge on any atom is 0.136 e. The molecule has 1 aliphatic heterocycles. The average Bonchev–Trinajstić information content (AvgIpc) is 2.69. The fourth-order valence-corrected chi connectivity index (χ4v) is 3.46. The molecule has 1 fully saturated rings. The van der Waals surface area contributed by atoms with Gasteiger partial charge in [-0.15, -0.1) is 0 Å². The van der Waals surface area contributed by atoms with Crippen molar-refractivity contribution in [3.8, 4) is 0 Å². The summed E-state index contributed by atoms with van der Waals surface area (Å²) in [7, 11) is 0. The Morgan fingerprint density at radius 2 is 1.76 bits per heavy atom. The standard InChI is InChI=1S/C21H24N4/c1-2-17-7-8-19(23-15-17)16-24-11-13-25(14-12-24)21-20-6-4-3-5-18(20)9-10-22-21/h3-10,15H,2,11-14,16H2,1H3. The van der Waals surface area contributed by atoms with E-state index >= 15 is 0 Å². The Labute approximate surface area is 149 Å². The highest BCUT2D eigenvalue weighted by Gasteiger charge is 2.19. The van der Waals surface area contributed by atoms with Crippen molar-refractivity contribution in [2.75, 3.05) is 31.1 Å². The lowest BCUT2D eigenvalue weighted by Crippen LogP contribution is -2.46. The van der Waals surface area contributed by atoms with Crippen molar-refractivity contribution in [1.82, 2.24) is 14.9 Å². The first kappa shape index (κ1) is 16.0. The van der Waals surface area contributed by atoms with Gasteiger partial charge in [-0.2, -0.15) is 0 Å². The Hall–Kier alpha value is -2.46. The fraction of sp³-hybridized carbons (Fsp3) is 0.333. The number of fused-ring (bicyclic) bond motifs is 1. The minimum absolute atomic E-state index is 0.931. The van der Waals surface area contributed by atoms with E-state index in [9.17, 15) is 0 Å². The summed E-state index contributed by atoms with van der Waals surface area (Å²) in [5.41, 5.74) is 2.46. The predicted octanol–water partition coefficient (Wildman–Crippen LogP) is 3.51. The molecule has 25 heavy (non-hydrogen) atoms. The van der Waals surface area contributed by atoms with E-state index in [2.05, 4.69) is 69.2 Å². The Morgan fingerprint density at radius 3 is 2.52 bits per heavy atom.